The minimum Gasteiger partial charge on any atom is -0.481 e. The van der Waals surface area contributed by atoms with Crippen LogP contribution in [0.2, 0.25) is 0 Å². The first kappa shape index (κ1) is 17.1. The van der Waals surface area contributed by atoms with E-state index < -0.39 is 11.6 Å². The van der Waals surface area contributed by atoms with E-state index in [0.29, 0.717) is 13.1 Å². The highest BCUT2D eigenvalue weighted by Gasteiger charge is 2.37. The number of hydrogen-bond donors (Lipinski definition) is 1. The number of carbonyl (C=O) groups excluding carboxylic acids is 1. The summed E-state index contributed by atoms with van der Waals surface area (Å²) in [5.74, 6) is -0.943. The van der Waals surface area contributed by atoms with E-state index in [4.69, 9.17) is 4.74 Å². The van der Waals surface area contributed by atoms with Gasteiger partial charge >= 0.3 is 12.1 Å². The topological polar surface area (TPSA) is 70.1 Å². The lowest BCUT2D eigenvalue weighted by Gasteiger charge is -2.43. The molecule has 1 amide bonds. The van der Waals surface area contributed by atoms with Crippen LogP contribution >= 0.6 is 0 Å². The number of carboxylic acid groups (broad SMARTS) is 1. The molecule has 0 radical (unpaired) electrons. The van der Waals surface area contributed by atoms with Gasteiger partial charge < -0.3 is 14.7 Å². The van der Waals surface area contributed by atoms with Crippen LogP contribution in [0.4, 0.5) is 4.79 Å². The molecule has 1 heterocycles. The SMILES string of the molecule is CC(C)(C)OC(=O)N1CCN([C@H]2CCCC[C@@H]2C(=O)O)CC1. The van der Waals surface area contributed by atoms with E-state index in [-0.39, 0.29) is 18.1 Å². The molecule has 2 rings (SSSR count). The van der Waals surface area contributed by atoms with Crippen molar-refractivity contribution in [3.63, 3.8) is 0 Å². The summed E-state index contributed by atoms with van der Waals surface area (Å²) >= 11 is 0. The van der Waals surface area contributed by atoms with Crippen LogP contribution in [0.1, 0.15) is 46.5 Å². The van der Waals surface area contributed by atoms with Crippen LogP contribution in [0.15, 0.2) is 0 Å². The third kappa shape index (κ3) is 4.35. The number of rotatable bonds is 2. The number of carbonyl (C=O) groups is 2. The summed E-state index contributed by atoms with van der Waals surface area (Å²) in [6.07, 6.45) is 3.55. The normalized spacial score (nSPS) is 27.5. The number of ether oxygens (including phenoxy) is 1. The summed E-state index contributed by atoms with van der Waals surface area (Å²) in [7, 11) is 0. The van der Waals surface area contributed by atoms with Crippen LogP contribution in [-0.2, 0) is 9.53 Å². The van der Waals surface area contributed by atoms with Gasteiger partial charge in [-0.1, -0.05) is 12.8 Å². The lowest BCUT2D eigenvalue weighted by molar-refractivity contribution is -0.146. The van der Waals surface area contributed by atoms with E-state index in [0.717, 1.165) is 38.8 Å². The van der Waals surface area contributed by atoms with Crippen molar-refractivity contribution >= 4 is 12.1 Å². The minimum absolute atomic E-state index is 0.118. The fraction of sp³-hybridized carbons (Fsp3) is 0.875. The van der Waals surface area contributed by atoms with Gasteiger partial charge in [0.05, 0.1) is 5.92 Å². The highest BCUT2D eigenvalue weighted by atomic mass is 16.6. The quantitative estimate of drug-likeness (QED) is 0.846. The molecule has 126 valence electrons. The van der Waals surface area contributed by atoms with Crippen molar-refractivity contribution in [2.45, 2.75) is 58.1 Å². The summed E-state index contributed by atoms with van der Waals surface area (Å²) in [6, 6.07) is 0.118. The third-order valence-corrected chi connectivity index (χ3v) is 4.48. The van der Waals surface area contributed by atoms with E-state index in [1.807, 2.05) is 20.8 Å². The summed E-state index contributed by atoms with van der Waals surface area (Å²) in [5, 5.41) is 9.40. The van der Waals surface area contributed by atoms with Crippen molar-refractivity contribution in [2.75, 3.05) is 26.2 Å². The molecule has 2 fully saturated rings. The number of hydrogen-bond acceptors (Lipinski definition) is 4. The van der Waals surface area contributed by atoms with Crippen molar-refractivity contribution in [1.82, 2.24) is 9.80 Å². The molecule has 0 unspecified atom stereocenters. The Hall–Kier alpha value is -1.30. The molecule has 0 bridgehead atoms. The van der Waals surface area contributed by atoms with Crippen molar-refractivity contribution < 1.29 is 19.4 Å². The molecule has 6 heteroatoms. The van der Waals surface area contributed by atoms with Gasteiger partial charge in [0, 0.05) is 32.2 Å². The number of nitrogens with zero attached hydrogens (tertiary/aromatic N) is 2. The monoisotopic (exact) mass is 312 g/mol. The van der Waals surface area contributed by atoms with E-state index >= 15 is 0 Å². The largest absolute Gasteiger partial charge is 0.481 e. The molecule has 0 aromatic carbocycles. The van der Waals surface area contributed by atoms with Crippen molar-refractivity contribution in [2.24, 2.45) is 5.92 Å². The van der Waals surface area contributed by atoms with Gasteiger partial charge in [0.2, 0.25) is 0 Å². The van der Waals surface area contributed by atoms with Gasteiger partial charge in [0.1, 0.15) is 5.60 Å². The molecule has 2 atom stereocenters. The maximum absolute atomic E-state index is 12.1. The molecule has 0 aromatic heterocycles. The average Bonchev–Trinajstić information content (AvgIpc) is 2.45. The lowest BCUT2D eigenvalue weighted by atomic mass is 9.83. The Morgan fingerprint density at radius 1 is 1.05 bits per heavy atom. The van der Waals surface area contributed by atoms with Crippen molar-refractivity contribution in [3.05, 3.63) is 0 Å². The zero-order valence-corrected chi connectivity index (χ0v) is 13.9. The number of aliphatic carboxylic acids is 1. The maximum Gasteiger partial charge on any atom is 0.410 e. The summed E-state index contributed by atoms with van der Waals surface area (Å²) in [4.78, 5) is 27.5. The molecule has 6 nitrogen and oxygen atoms in total. The molecule has 22 heavy (non-hydrogen) atoms. The molecule has 0 spiro atoms. The van der Waals surface area contributed by atoms with Gasteiger partial charge in [-0.05, 0) is 33.6 Å². The molecular weight excluding hydrogens is 284 g/mol. The van der Waals surface area contributed by atoms with Gasteiger partial charge in [-0.3, -0.25) is 9.69 Å². The summed E-state index contributed by atoms with van der Waals surface area (Å²) in [5.41, 5.74) is -0.480. The summed E-state index contributed by atoms with van der Waals surface area (Å²) in [6.45, 7) is 8.26. The predicted octanol–water partition coefficient (Wildman–Crippen LogP) is 2.18. The first-order valence-electron chi connectivity index (χ1n) is 8.23. The number of piperazine rings is 1. The maximum atomic E-state index is 12.1. The van der Waals surface area contributed by atoms with Crippen molar-refractivity contribution in [1.29, 1.82) is 0 Å². The Morgan fingerprint density at radius 2 is 1.64 bits per heavy atom. The van der Waals surface area contributed by atoms with Crippen LogP contribution in [0.5, 0.6) is 0 Å². The molecule has 1 N–H and O–H groups in total. The highest BCUT2D eigenvalue weighted by Crippen LogP contribution is 2.29. The van der Waals surface area contributed by atoms with Crippen LogP contribution in [0.25, 0.3) is 0 Å². The van der Waals surface area contributed by atoms with E-state index in [9.17, 15) is 14.7 Å². The van der Waals surface area contributed by atoms with Gasteiger partial charge in [0.15, 0.2) is 0 Å². The standard InChI is InChI=1S/C16H28N2O4/c1-16(2,3)22-15(21)18-10-8-17(9-11-18)13-7-5-4-6-12(13)14(19)20/h12-13H,4-11H2,1-3H3,(H,19,20)/t12-,13-/m0/s1. The van der Waals surface area contributed by atoms with Gasteiger partial charge in [-0.15, -0.1) is 0 Å². The zero-order valence-electron chi connectivity index (χ0n) is 13.9. The summed E-state index contributed by atoms with van der Waals surface area (Å²) < 4.78 is 5.39. The Bertz CT molecular complexity index is 411. The minimum atomic E-state index is -0.681. The first-order chi connectivity index (χ1) is 10.3. The smallest absolute Gasteiger partial charge is 0.410 e. The van der Waals surface area contributed by atoms with Crippen molar-refractivity contribution in [3.8, 4) is 0 Å². The van der Waals surface area contributed by atoms with Crippen LogP contribution in [0.3, 0.4) is 0 Å². The van der Waals surface area contributed by atoms with Crippen LogP contribution in [0, 0.1) is 5.92 Å². The van der Waals surface area contributed by atoms with Gasteiger partial charge in [0.25, 0.3) is 0 Å². The van der Waals surface area contributed by atoms with Gasteiger partial charge in [-0.25, -0.2) is 4.79 Å². The van der Waals surface area contributed by atoms with E-state index in [1.54, 1.807) is 4.90 Å². The molecule has 1 aliphatic heterocycles. The third-order valence-electron chi connectivity index (χ3n) is 4.48. The average molecular weight is 312 g/mol. The van der Waals surface area contributed by atoms with Gasteiger partial charge in [-0.2, -0.15) is 0 Å². The molecule has 1 saturated heterocycles. The fourth-order valence-corrected chi connectivity index (χ4v) is 3.40. The Kier molecular flexibility index (Phi) is 5.32. The van der Waals surface area contributed by atoms with Crippen LogP contribution < -0.4 is 0 Å². The second kappa shape index (κ2) is 6.86. The Labute approximate surface area is 132 Å². The lowest BCUT2D eigenvalue weighted by Crippen LogP contribution is -2.55. The first-order valence-corrected chi connectivity index (χ1v) is 8.23. The molecule has 0 aromatic rings. The predicted molar refractivity (Wildman–Crippen MR) is 82.8 cm³/mol. The number of amides is 1. The Morgan fingerprint density at radius 3 is 2.18 bits per heavy atom. The second-order valence-corrected chi connectivity index (χ2v) is 7.30. The molecule has 2 aliphatic rings. The van der Waals surface area contributed by atoms with E-state index in [2.05, 4.69) is 4.90 Å². The highest BCUT2D eigenvalue weighted by molar-refractivity contribution is 5.71. The Balaban J connectivity index is 1.88. The molecule has 1 aliphatic carbocycles. The second-order valence-electron chi connectivity index (χ2n) is 7.30. The number of carboxylic acids is 1. The van der Waals surface area contributed by atoms with E-state index in [1.165, 1.54) is 0 Å². The molecular formula is C16H28N2O4. The van der Waals surface area contributed by atoms with Crippen LogP contribution in [-0.4, -0.2) is 64.8 Å². The fourth-order valence-electron chi connectivity index (χ4n) is 3.40. The zero-order chi connectivity index (χ0) is 16.3. The molecule has 1 saturated carbocycles.